The molecule has 5 heteroatoms. The molecule has 0 bridgehead atoms. The SMILES string of the molecule is O=c1ccc2ccc3c(c2[nH]1)[C@H](O)[C@H](O)C1(CCCCC1)O3. The molecule has 2 aromatic rings. The Kier molecular flexibility index (Phi) is 3.03. The van der Waals surface area contributed by atoms with Crippen LogP contribution in [0, 0.1) is 0 Å². The van der Waals surface area contributed by atoms with Crippen molar-refractivity contribution in [3.63, 3.8) is 0 Å². The number of aliphatic hydroxyl groups is 2. The van der Waals surface area contributed by atoms with E-state index in [0.29, 0.717) is 16.8 Å². The van der Waals surface area contributed by atoms with Gasteiger partial charge in [-0.3, -0.25) is 4.79 Å². The summed E-state index contributed by atoms with van der Waals surface area (Å²) in [6.45, 7) is 0. The molecule has 2 atom stereocenters. The Morgan fingerprint density at radius 2 is 1.82 bits per heavy atom. The minimum Gasteiger partial charge on any atom is -0.484 e. The molecule has 1 spiro atoms. The van der Waals surface area contributed by atoms with Crippen molar-refractivity contribution in [3.05, 3.63) is 40.2 Å². The monoisotopic (exact) mass is 301 g/mol. The largest absolute Gasteiger partial charge is 0.484 e. The van der Waals surface area contributed by atoms with Gasteiger partial charge in [-0.2, -0.15) is 0 Å². The quantitative estimate of drug-likeness (QED) is 0.695. The Hall–Kier alpha value is -1.85. The molecule has 2 heterocycles. The van der Waals surface area contributed by atoms with Gasteiger partial charge >= 0.3 is 0 Å². The molecule has 0 amide bonds. The fraction of sp³-hybridized carbons (Fsp3) is 0.471. The van der Waals surface area contributed by atoms with Gasteiger partial charge in [-0.15, -0.1) is 0 Å². The zero-order valence-corrected chi connectivity index (χ0v) is 12.2. The maximum atomic E-state index is 11.6. The predicted octanol–water partition coefficient (Wildman–Crippen LogP) is 2.02. The first-order valence-corrected chi connectivity index (χ1v) is 7.82. The Balaban J connectivity index is 1.91. The van der Waals surface area contributed by atoms with Crippen molar-refractivity contribution >= 4 is 10.9 Å². The summed E-state index contributed by atoms with van der Waals surface area (Å²) in [6.07, 6.45) is 2.57. The average molecular weight is 301 g/mol. The summed E-state index contributed by atoms with van der Waals surface area (Å²) in [4.78, 5) is 14.4. The third-order valence-corrected chi connectivity index (χ3v) is 5.05. The molecule has 22 heavy (non-hydrogen) atoms. The van der Waals surface area contributed by atoms with Crippen molar-refractivity contribution in [2.75, 3.05) is 0 Å². The number of hydrogen-bond acceptors (Lipinski definition) is 4. The third kappa shape index (κ3) is 1.89. The number of aromatic amines is 1. The lowest BCUT2D eigenvalue weighted by Crippen LogP contribution is -2.54. The zero-order valence-electron chi connectivity index (χ0n) is 12.2. The smallest absolute Gasteiger partial charge is 0.248 e. The van der Waals surface area contributed by atoms with Crippen LogP contribution in [0.1, 0.15) is 43.8 Å². The molecule has 0 saturated heterocycles. The van der Waals surface area contributed by atoms with Crippen LogP contribution in [0.2, 0.25) is 0 Å². The van der Waals surface area contributed by atoms with E-state index in [1.807, 2.05) is 12.1 Å². The van der Waals surface area contributed by atoms with E-state index < -0.39 is 17.8 Å². The molecule has 2 aliphatic rings. The zero-order chi connectivity index (χ0) is 15.3. The number of nitrogens with one attached hydrogen (secondary N) is 1. The highest BCUT2D eigenvalue weighted by molar-refractivity contribution is 5.84. The van der Waals surface area contributed by atoms with E-state index in [1.54, 1.807) is 6.07 Å². The second-order valence-corrected chi connectivity index (χ2v) is 6.38. The molecule has 1 fully saturated rings. The maximum absolute atomic E-state index is 11.6. The van der Waals surface area contributed by atoms with E-state index in [2.05, 4.69) is 4.98 Å². The van der Waals surface area contributed by atoms with Crippen molar-refractivity contribution in [3.8, 4) is 5.75 Å². The highest BCUT2D eigenvalue weighted by Crippen LogP contribution is 2.47. The van der Waals surface area contributed by atoms with E-state index in [1.165, 1.54) is 6.07 Å². The van der Waals surface area contributed by atoms with Gasteiger partial charge in [-0.25, -0.2) is 0 Å². The second-order valence-electron chi connectivity index (χ2n) is 6.38. The summed E-state index contributed by atoms with van der Waals surface area (Å²) in [5.74, 6) is 0.564. The molecule has 0 unspecified atom stereocenters. The summed E-state index contributed by atoms with van der Waals surface area (Å²) in [6, 6.07) is 6.84. The lowest BCUT2D eigenvalue weighted by molar-refractivity contribution is -0.143. The molecule has 0 radical (unpaired) electrons. The second kappa shape index (κ2) is 4.83. The highest BCUT2D eigenvalue weighted by Gasteiger charge is 2.49. The normalized spacial score (nSPS) is 26.6. The van der Waals surface area contributed by atoms with Gasteiger partial charge in [0.2, 0.25) is 5.56 Å². The van der Waals surface area contributed by atoms with Gasteiger partial charge < -0.3 is 19.9 Å². The number of hydrogen-bond donors (Lipinski definition) is 3. The molecule has 1 aromatic heterocycles. The van der Waals surface area contributed by atoms with E-state index in [4.69, 9.17) is 4.74 Å². The van der Waals surface area contributed by atoms with Crippen molar-refractivity contribution in [1.82, 2.24) is 4.98 Å². The van der Waals surface area contributed by atoms with Crippen LogP contribution in [0.25, 0.3) is 10.9 Å². The van der Waals surface area contributed by atoms with Crippen molar-refractivity contribution < 1.29 is 14.9 Å². The molecule has 5 nitrogen and oxygen atoms in total. The van der Waals surface area contributed by atoms with E-state index >= 15 is 0 Å². The van der Waals surface area contributed by atoms with Gasteiger partial charge in [0, 0.05) is 11.6 Å². The maximum Gasteiger partial charge on any atom is 0.248 e. The number of fused-ring (bicyclic) bond motifs is 3. The molecule has 1 saturated carbocycles. The van der Waals surface area contributed by atoms with Crippen LogP contribution in [0.4, 0.5) is 0 Å². The first kappa shape index (κ1) is 13.8. The van der Waals surface area contributed by atoms with Gasteiger partial charge in [0.05, 0.1) is 5.52 Å². The Labute approximate surface area is 127 Å². The van der Waals surface area contributed by atoms with Crippen LogP contribution >= 0.6 is 0 Å². The molecule has 3 N–H and O–H groups in total. The van der Waals surface area contributed by atoms with Gasteiger partial charge in [-0.1, -0.05) is 6.42 Å². The van der Waals surface area contributed by atoms with E-state index in [0.717, 1.165) is 37.5 Å². The predicted molar refractivity (Wildman–Crippen MR) is 82.0 cm³/mol. The molecule has 1 aliphatic carbocycles. The number of aromatic nitrogens is 1. The molecule has 1 aromatic carbocycles. The molecular formula is C17H19NO4. The topological polar surface area (TPSA) is 82.6 Å². The Bertz CT molecular complexity index is 776. The minimum absolute atomic E-state index is 0.236. The van der Waals surface area contributed by atoms with Crippen molar-refractivity contribution in [2.45, 2.75) is 49.9 Å². The van der Waals surface area contributed by atoms with Crippen LogP contribution in [-0.2, 0) is 0 Å². The summed E-state index contributed by atoms with van der Waals surface area (Å²) >= 11 is 0. The van der Waals surface area contributed by atoms with Gasteiger partial charge in [0.25, 0.3) is 0 Å². The Morgan fingerprint density at radius 1 is 1.09 bits per heavy atom. The van der Waals surface area contributed by atoms with Crippen LogP contribution in [0.5, 0.6) is 5.75 Å². The van der Waals surface area contributed by atoms with Crippen LogP contribution < -0.4 is 10.3 Å². The van der Waals surface area contributed by atoms with E-state index in [9.17, 15) is 15.0 Å². The van der Waals surface area contributed by atoms with Crippen LogP contribution in [0.3, 0.4) is 0 Å². The number of ether oxygens (including phenoxy) is 1. The standard InChI is InChI=1S/C17H19NO4/c19-12-7-5-10-4-6-11-13(14(10)18-12)15(20)16(21)17(22-11)8-2-1-3-9-17/h4-7,15-16,20-21H,1-3,8-9H2,(H,18,19)/t15-,16-/m0/s1. The third-order valence-electron chi connectivity index (χ3n) is 5.05. The number of aliphatic hydroxyl groups excluding tert-OH is 2. The number of rotatable bonds is 0. The molecule has 1 aliphatic heterocycles. The Morgan fingerprint density at radius 3 is 2.59 bits per heavy atom. The number of pyridine rings is 1. The minimum atomic E-state index is -1.05. The van der Waals surface area contributed by atoms with Crippen molar-refractivity contribution in [2.24, 2.45) is 0 Å². The van der Waals surface area contributed by atoms with Crippen LogP contribution in [-0.4, -0.2) is 26.9 Å². The van der Waals surface area contributed by atoms with Crippen molar-refractivity contribution in [1.29, 1.82) is 0 Å². The first-order chi connectivity index (χ1) is 10.6. The summed E-state index contributed by atoms with van der Waals surface area (Å²) in [7, 11) is 0. The van der Waals surface area contributed by atoms with Gasteiger partial charge in [-0.05, 0) is 49.3 Å². The number of benzene rings is 1. The van der Waals surface area contributed by atoms with E-state index in [-0.39, 0.29) is 5.56 Å². The average Bonchev–Trinajstić information content (AvgIpc) is 2.53. The first-order valence-electron chi connectivity index (χ1n) is 7.82. The fourth-order valence-corrected chi connectivity index (χ4v) is 3.88. The van der Waals surface area contributed by atoms with Gasteiger partial charge in [0.15, 0.2) is 0 Å². The molecule has 4 rings (SSSR count). The summed E-state index contributed by atoms with van der Waals surface area (Å²) < 4.78 is 6.16. The lowest BCUT2D eigenvalue weighted by Gasteiger charge is -2.46. The molecular weight excluding hydrogens is 282 g/mol. The molecule has 116 valence electrons. The lowest BCUT2D eigenvalue weighted by atomic mass is 9.75. The number of H-pyrrole nitrogens is 1. The fourth-order valence-electron chi connectivity index (χ4n) is 3.88. The summed E-state index contributed by atoms with van der Waals surface area (Å²) in [5.41, 5.74) is 0.0922. The summed E-state index contributed by atoms with van der Waals surface area (Å²) in [5, 5.41) is 22.2. The highest BCUT2D eigenvalue weighted by atomic mass is 16.5. The van der Waals surface area contributed by atoms with Gasteiger partial charge in [0.1, 0.15) is 23.6 Å². The van der Waals surface area contributed by atoms with Crippen LogP contribution in [0.15, 0.2) is 29.1 Å².